The van der Waals surface area contributed by atoms with E-state index in [0.717, 1.165) is 0 Å². The van der Waals surface area contributed by atoms with Crippen molar-refractivity contribution in [2.75, 3.05) is 23.7 Å². The van der Waals surface area contributed by atoms with Crippen molar-refractivity contribution in [2.45, 2.75) is 45.7 Å². The van der Waals surface area contributed by atoms with Crippen molar-refractivity contribution in [3.8, 4) is 5.69 Å². The molecule has 0 unspecified atom stereocenters. The van der Waals surface area contributed by atoms with Gasteiger partial charge in [0.2, 0.25) is 5.91 Å². The highest BCUT2D eigenvalue weighted by atomic mass is 35.5. The number of carbonyl (C=O) groups is 1. The van der Waals surface area contributed by atoms with Crippen LogP contribution in [0.15, 0.2) is 29.8 Å². The molecule has 3 aromatic rings. The van der Waals surface area contributed by atoms with E-state index in [-0.39, 0.29) is 45.5 Å². The van der Waals surface area contributed by atoms with Crippen LogP contribution < -0.4 is 16.3 Å². The number of pyridine rings is 1. The molecule has 1 aliphatic heterocycles. The number of halogens is 2. The number of fused-ring (bicyclic) bond motifs is 1. The van der Waals surface area contributed by atoms with Crippen LogP contribution >= 0.6 is 23.2 Å². The molecule has 2 N–H and O–H groups in total. The SMILES string of the molecule is C=CC(=O)N1C[C@H](C)N(c2nc(=O)n(-c3c(N)ncnc3C(C)C)c3nc(Cl)c(Cl)cc23)C[C@H]1C. The molecule has 0 aromatic carbocycles. The molecule has 1 fully saturated rings. The lowest BCUT2D eigenvalue weighted by Gasteiger charge is -2.44. The van der Waals surface area contributed by atoms with Crippen molar-refractivity contribution >= 4 is 51.8 Å². The smallest absolute Gasteiger partial charge is 0.356 e. The number of rotatable bonds is 4. The molecule has 4 rings (SSSR count). The molecular formula is C23H26Cl2N8O2. The Morgan fingerprint density at radius 1 is 1.20 bits per heavy atom. The standard InChI is InChI=1S/C23H26Cl2N8O2/c1-6-16(34)31-8-13(5)32(9-12(31)4)21-14-7-15(24)19(25)29-22(14)33(23(35)30-21)18-17(11(2)3)27-10-28-20(18)26/h6-7,10-13H,1,8-9H2,2-5H3,(H2,26,27,28)/t12-,13+/m1/s1. The monoisotopic (exact) mass is 516 g/mol. The van der Waals surface area contributed by atoms with E-state index in [2.05, 4.69) is 26.5 Å². The van der Waals surface area contributed by atoms with E-state index in [1.54, 1.807) is 11.0 Å². The number of hydrogen-bond acceptors (Lipinski definition) is 8. The molecule has 1 amide bonds. The summed E-state index contributed by atoms with van der Waals surface area (Å²) in [6, 6.07) is 1.35. The van der Waals surface area contributed by atoms with Gasteiger partial charge in [-0.15, -0.1) is 0 Å². The van der Waals surface area contributed by atoms with Crippen molar-refractivity contribution in [1.29, 1.82) is 0 Å². The normalized spacial score (nSPS) is 18.4. The second-order valence-electron chi connectivity index (χ2n) is 8.88. The average Bonchev–Trinajstić information content (AvgIpc) is 2.81. The Bertz CT molecular complexity index is 1390. The predicted octanol–water partition coefficient (Wildman–Crippen LogP) is 3.19. The topological polar surface area (TPSA) is 123 Å². The van der Waals surface area contributed by atoms with E-state index < -0.39 is 5.69 Å². The fraction of sp³-hybridized carbons (Fsp3) is 0.391. The molecule has 1 saturated heterocycles. The van der Waals surface area contributed by atoms with Gasteiger partial charge < -0.3 is 15.5 Å². The largest absolute Gasteiger partial charge is 0.382 e. The third-order valence-corrected chi connectivity index (χ3v) is 6.80. The summed E-state index contributed by atoms with van der Waals surface area (Å²) < 4.78 is 1.29. The maximum absolute atomic E-state index is 13.5. The van der Waals surface area contributed by atoms with Crippen LogP contribution in [0.3, 0.4) is 0 Å². The average molecular weight is 517 g/mol. The van der Waals surface area contributed by atoms with E-state index in [1.807, 2.05) is 32.6 Å². The lowest BCUT2D eigenvalue weighted by atomic mass is 10.1. The zero-order chi connectivity index (χ0) is 25.6. The Morgan fingerprint density at radius 3 is 2.57 bits per heavy atom. The van der Waals surface area contributed by atoms with Gasteiger partial charge in [0.15, 0.2) is 11.5 Å². The molecule has 12 heteroatoms. The highest BCUT2D eigenvalue weighted by Crippen LogP contribution is 2.34. The number of hydrogen-bond donors (Lipinski definition) is 1. The highest BCUT2D eigenvalue weighted by Gasteiger charge is 2.34. The Labute approximate surface area is 212 Å². The number of carbonyl (C=O) groups excluding carboxylic acids is 1. The second-order valence-corrected chi connectivity index (χ2v) is 9.64. The molecule has 1 aliphatic rings. The molecule has 2 atom stereocenters. The van der Waals surface area contributed by atoms with Gasteiger partial charge in [0.25, 0.3) is 0 Å². The number of aromatic nitrogens is 5. The molecule has 3 aromatic heterocycles. The van der Waals surface area contributed by atoms with Gasteiger partial charge in [-0.1, -0.05) is 43.6 Å². The number of anilines is 2. The second kappa shape index (κ2) is 9.43. The van der Waals surface area contributed by atoms with Gasteiger partial charge in [0.1, 0.15) is 23.0 Å². The predicted molar refractivity (Wildman–Crippen MR) is 137 cm³/mol. The van der Waals surface area contributed by atoms with Crippen molar-refractivity contribution in [2.24, 2.45) is 0 Å². The summed E-state index contributed by atoms with van der Waals surface area (Å²) in [5.41, 5.74) is 6.73. The molecule has 4 heterocycles. The third-order valence-electron chi connectivity index (χ3n) is 6.12. The summed E-state index contributed by atoms with van der Waals surface area (Å²) in [6.07, 6.45) is 2.66. The van der Waals surface area contributed by atoms with Crippen LogP contribution in [0.2, 0.25) is 10.2 Å². The van der Waals surface area contributed by atoms with E-state index in [1.165, 1.54) is 17.0 Å². The zero-order valence-electron chi connectivity index (χ0n) is 19.9. The number of nitrogen functional groups attached to an aromatic ring is 1. The fourth-order valence-electron chi connectivity index (χ4n) is 4.41. The van der Waals surface area contributed by atoms with Crippen LogP contribution in [-0.4, -0.2) is 60.5 Å². The van der Waals surface area contributed by atoms with Gasteiger partial charge in [0.05, 0.1) is 16.1 Å². The first-order valence-corrected chi connectivity index (χ1v) is 11.9. The molecule has 10 nitrogen and oxygen atoms in total. The van der Waals surface area contributed by atoms with Gasteiger partial charge in [-0.05, 0) is 31.9 Å². The fourth-order valence-corrected chi connectivity index (χ4v) is 4.69. The van der Waals surface area contributed by atoms with Crippen LogP contribution in [0.4, 0.5) is 11.6 Å². The first-order valence-electron chi connectivity index (χ1n) is 11.1. The molecule has 0 spiro atoms. The van der Waals surface area contributed by atoms with Gasteiger partial charge in [-0.3, -0.25) is 4.79 Å². The van der Waals surface area contributed by atoms with Crippen molar-refractivity contribution < 1.29 is 4.79 Å². The maximum atomic E-state index is 13.5. The molecule has 184 valence electrons. The minimum Gasteiger partial charge on any atom is -0.382 e. The third kappa shape index (κ3) is 4.32. The molecular weight excluding hydrogens is 491 g/mol. The number of amides is 1. The maximum Gasteiger partial charge on any atom is 0.356 e. The Hall–Kier alpha value is -3.24. The van der Waals surface area contributed by atoms with Gasteiger partial charge >= 0.3 is 5.69 Å². The van der Waals surface area contributed by atoms with E-state index in [4.69, 9.17) is 28.9 Å². The van der Waals surface area contributed by atoms with Crippen molar-refractivity contribution in [1.82, 2.24) is 29.4 Å². The van der Waals surface area contributed by atoms with Crippen LogP contribution in [0.5, 0.6) is 0 Å². The van der Waals surface area contributed by atoms with E-state index in [0.29, 0.717) is 35.7 Å². The molecule has 0 saturated carbocycles. The highest BCUT2D eigenvalue weighted by molar-refractivity contribution is 6.41. The Balaban J connectivity index is 1.98. The summed E-state index contributed by atoms with van der Waals surface area (Å²) in [4.78, 5) is 46.9. The summed E-state index contributed by atoms with van der Waals surface area (Å²) in [5, 5.41) is 0.767. The summed E-state index contributed by atoms with van der Waals surface area (Å²) >= 11 is 12.6. The molecule has 0 bridgehead atoms. The van der Waals surface area contributed by atoms with Crippen LogP contribution in [0.1, 0.15) is 39.3 Å². The number of nitrogens with two attached hydrogens (primary N) is 1. The lowest BCUT2D eigenvalue weighted by Crippen LogP contribution is -2.58. The zero-order valence-corrected chi connectivity index (χ0v) is 21.4. The number of nitrogens with zero attached hydrogens (tertiary/aromatic N) is 7. The molecule has 0 aliphatic carbocycles. The van der Waals surface area contributed by atoms with Gasteiger partial charge in [-0.25, -0.2) is 24.3 Å². The van der Waals surface area contributed by atoms with Crippen LogP contribution in [0.25, 0.3) is 16.7 Å². The first-order chi connectivity index (χ1) is 16.5. The van der Waals surface area contributed by atoms with Gasteiger partial charge in [0, 0.05) is 25.2 Å². The lowest BCUT2D eigenvalue weighted by molar-refractivity contribution is -0.128. The van der Waals surface area contributed by atoms with Crippen LogP contribution in [0, 0.1) is 0 Å². The van der Waals surface area contributed by atoms with Crippen LogP contribution in [-0.2, 0) is 4.79 Å². The molecule has 35 heavy (non-hydrogen) atoms. The van der Waals surface area contributed by atoms with Crippen molar-refractivity contribution in [3.05, 3.63) is 51.4 Å². The van der Waals surface area contributed by atoms with Crippen molar-refractivity contribution in [3.63, 3.8) is 0 Å². The minimum atomic E-state index is -0.605. The van der Waals surface area contributed by atoms with E-state index >= 15 is 0 Å². The molecule has 0 radical (unpaired) electrons. The number of piperazine rings is 1. The van der Waals surface area contributed by atoms with E-state index in [9.17, 15) is 9.59 Å². The summed E-state index contributed by atoms with van der Waals surface area (Å²) in [5.74, 6) is 0.317. The minimum absolute atomic E-state index is 0.0359. The summed E-state index contributed by atoms with van der Waals surface area (Å²) in [6.45, 7) is 12.2. The Kier molecular flexibility index (Phi) is 6.70. The quantitative estimate of drug-likeness (QED) is 0.414. The Morgan fingerprint density at radius 2 is 1.91 bits per heavy atom. The summed E-state index contributed by atoms with van der Waals surface area (Å²) in [7, 11) is 0. The first kappa shape index (κ1) is 24.9. The van der Waals surface area contributed by atoms with Gasteiger partial charge in [-0.2, -0.15) is 4.98 Å².